The molecule has 2 aromatic carbocycles. The highest BCUT2D eigenvalue weighted by Crippen LogP contribution is 2.44. The topological polar surface area (TPSA) is 35.0 Å². The molecule has 0 spiro atoms. The lowest BCUT2D eigenvalue weighted by atomic mass is 10.2. The van der Waals surface area contributed by atoms with Crippen molar-refractivity contribution in [1.29, 1.82) is 0 Å². The van der Waals surface area contributed by atoms with Crippen LogP contribution in [0, 0.1) is 12.3 Å². The average molecular weight is 389 g/mol. The van der Waals surface area contributed by atoms with Crippen LogP contribution in [0.4, 0.5) is 0 Å². The van der Waals surface area contributed by atoms with Crippen molar-refractivity contribution in [3.05, 3.63) is 60.9 Å². The molecule has 0 unspecified atom stereocenters. The molecule has 5 heteroatoms. The van der Waals surface area contributed by atoms with Crippen LogP contribution >= 0.6 is 23.5 Å². The Morgan fingerprint density at radius 1 is 0.926 bits per heavy atom. The van der Waals surface area contributed by atoms with Crippen LogP contribution in [-0.2, 0) is 0 Å². The van der Waals surface area contributed by atoms with Crippen molar-refractivity contribution in [3.63, 3.8) is 0 Å². The summed E-state index contributed by atoms with van der Waals surface area (Å²) in [6, 6.07) is 16.1. The fourth-order valence-electron chi connectivity index (χ4n) is 2.92. The molecule has 2 aromatic heterocycles. The highest BCUT2D eigenvalue weighted by Gasteiger charge is 2.16. The summed E-state index contributed by atoms with van der Waals surface area (Å²) in [5.41, 5.74) is 1.87. The molecule has 0 saturated carbocycles. The lowest BCUT2D eigenvalue weighted by molar-refractivity contribution is 0.409. The third kappa shape index (κ3) is 3.46. The fourth-order valence-corrected chi connectivity index (χ4v) is 4.87. The van der Waals surface area contributed by atoms with Gasteiger partial charge in [-0.25, -0.2) is 0 Å². The highest BCUT2D eigenvalue weighted by molar-refractivity contribution is 8.02. The van der Waals surface area contributed by atoms with Gasteiger partial charge in [0.25, 0.3) is 0 Å². The van der Waals surface area contributed by atoms with Crippen molar-refractivity contribution < 1.29 is 4.74 Å². The Morgan fingerprint density at radius 3 is 2.26 bits per heavy atom. The lowest BCUT2D eigenvalue weighted by Gasteiger charge is -2.14. The molecule has 0 saturated heterocycles. The zero-order valence-electron chi connectivity index (χ0n) is 14.7. The van der Waals surface area contributed by atoms with Gasteiger partial charge in [-0.1, -0.05) is 48.0 Å². The second-order valence-corrected chi connectivity index (χ2v) is 7.81. The molecule has 0 aliphatic carbocycles. The Morgan fingerprint density at radius 2 is 1.56 bits per heavy atom. The zero-order valence-corrected chi connectivity index (χ0v) is 16.3. The standard InChI is InChI=1S/C22H16N2OS2/c1-3-12-26-20-14-24-18-11-7-5-9-16(18)22(20)27-19-13-23-17-10-6-4-8-15(17)21(19)25-2/h1,4-11,13-14H,12H2,2H3. The number of terminal acetylenes is 1. The van der Waals surface area contributed by atoms with Crippen molar-refractivity contribution in [3.8, 4) is 18.1 Å². The minimum absolute atomic E-state index is 0.598. The summed E-state index contributed by atoms with van der Waals surface area (Å²) < 4.78 is 5.75. The number of nitrogens with zero attached hydrogens (tertiary/aromatic N) is 2. The van der Waals surface area contributed by atoms with Gasteiger partial charge in [-0.3, -0.25) is 9.97 Å². The van der Waals surface area contributed by atoms with Gasteiger partial charge in [0.2, 0.25) is 0 Å². The van der Waals surface area contributed by atoms with E-state index < -0.39 is 0 Å². The Kier molecular flexibility index (Phi) is 5.19. The summed E-state index contributed by atoms with van der Waals surface area (Å²) in [5.74, 6) is 4.12. The van der Waals surface area contributed by atoms with Gasteiger partial charge < -0.3 is 4.74 Å². The molecule has 0 amide bonds. The number of hydrogen-bond donors (Lipinski definition) is 0. The largest absolute Gasteiger partial charge is 0.495 e. The SMILES string of the molecule is C#CCSc1cnc2ccccc2c1Sc1cnc2ccccc2c1OC. The van der Waals surface area contributed by atoms with Gasteiger partial charge >= 0.3 is 0 Å². The van der Waals surface area contributed by atoms with Gasteiger partial charge in [0.05, 0.1) is 28.8 Å². The first-order chi connectivity index (χ1) is 13.3. The second kappa shape index (κ2) is 7.91. The molecule has 27 heavy (non-hydrogen) atoms. The number of rotatable bonds is 5. The maximum atomic E-state index is 5.75. The van der Waals surface area contributed by atoms with E-state index >= 15 is 0 Å². The predicted octanol–water partition coefficient (Wildman–Crippen LogP) is 5.67. The van der Waals surface area contributed by atoms with Crippen molar-refractivity contribution in [2.24, 2.45) is 0 Å². The quantitative estimate of drug-likeness (QED) is 0.325. The molecule has 0 aliphatic heterocycles. The summed E-state index contributed by atoms with van der Waals surface area (Å²) in [5, 5.41) is 2.10. The first kappa shape index (κ1) is 17.7. The van der Waals surface area contributed by atoms with E-state index in [-0.39, 0.29) is 0 Å². The van der Waals surface area contributed by atoms with Crippen molar-refractivity contribution in [1.82, 2.24) is 9.97 Å². The third-order valence-corrected chi connectivity index (χ3v) is 6.33. The van der Waals surface area contributed by atoms with Gasteiger partial charge in [0, 0.05) is 33.0 Å². The fraction of sp³-hybridized carbons (Fsp3) is 0.0909. The van der Waals surface area contributed by atoms with E-state index in [1.54, 1.807) is 30.6 Å². The van der Waals surface area contributed by atoms with E-state index in [9.17, 15) is 0 Å². The van der Waals surface area contributed by atoms with Gasteiger partial charge in [-0.2, -0.15) is 0 Å². The van der Waals surface area contributed by atoms with Crippen LogP contribution in [0.15, 0.2) is 75.6 Å². The van der Waals surface area contributed by atoms with Crippen LogP contribution in [0.2, 0.25) is 0 Å². The normalized spacial score (nSPS) is 10.8. The first-order valence-electron chi connectivity index (χ1n) is 8.35. The van der Waals surface area contributed by atoms with Gasteiger partial charge in [0.1, 0.15) is 5.75 Å². The molecule has 0 radical (unpaired) electrons. The van der Waals surface area contributed by atoms with E-state index in [4.69, 9.17) is 11.2 Å². The van der Waals surface area contributed by atoms with Gasteiger partial charge in [-0.05, 0) is 18.2 Å². The molecule has 0 fully saturated rings. The van der Waals surface area contributed by atoms with E-state index in [1.807, 2.05) is 54.9 Å². The maximum absolute atomic E-state index is 5.75. The second-order valence-electron chi connectivity index (χ2n) is 5.74. The summed E-state index contributed by atoms with van der Waals surface area (Å²) >= 11 is 3.26. The zero-order chi connectivity index (χ0) is 18.6. The number of aromatic nitrogens is 2. The summed E-state index contributed by atoms with van der Waals surface area (Å²) in [4.78, 5) is 12.3. The molecule has 4 rings (SSSR count). The first-order valence-corrected chi connectivity index (χ1v) is 10.2. The number of methoxy groups -OCH3 is 1. The Balaban J connectivity index is 1.88. The molecule has 2 heterocycles. The maximum Gasteiger partial charge on any atom is 0.143 e. The summed E-state index contributed by atoms with van der Waals surface area (Å²) in [7, 11) is 1.70. The van der Waals surface area contributed by atoms with Crippen LogP contribution in [0.3, 0.4) is 0 Å². The van der Waals surface area contributed by atoms with Crippen LogP contribution in [0.1, 0.15) is 0 Å². The Bertz CT molecular complexity index is 1170. The van der Waals surface area contributed by atoms with Crippen molar-refractivity contribution in [2.75, 3.05) is 12.9 Å². The van der Waals surface area contributed by atoms with Gasteiger partial charge in [-0.15, -0.1) is 18.2 Å². The number of ether oxygens (including phenoxy) is 1. The molecule has 0 N–H and O–H groups in total. The Labute approximate surface area is 166 Å². The Hall–Kier alpha value is -2.68. The minimum atomic E-state index is 0.598. The molecular formula is C22H16N2OS2. The molecule has 4 aromatic rings. The van der Waals surface area contributed by atoms with Crippen LogP contribution in [0.25, 0.3) is 21.8 Å². The average Bonchev–Trinajstić information content (AvgIpc) is 2.73. The molecule has 132 valence electrons. The monoisotopic (exact) mass is 388 g/mol. The van der Waals surface area contributed by atoms with Crippen LogP contribution in [0.5, 0.6) is 5.75 Å². The predicted molar refractivity (Wildman–Crippen MR) is 114 cm³/mol. The van der Waals surface area contributed by atoms with Crippen molar-refractivity contribution >= 4 is 45.3 Å². The molecular weight excluding hydrogens is 372 g/mol. The van der Waals surface area contributed by atoms with Gasteiger partial charge in [0.15, 0.2) is 0 Å². The molecule has 0 aliphatic rings. The number of hydrogen-bond acceptors (Lipinski definition) is 5. The summed E-state index contributed by atoms with van der Waals surface area (Å²) in [6.07, 6.45) is 9.24. The lowest BCUT2D eigenvalue weighted by Crippen LogP contribution is -1.92. The number of para-hydroxylation sites is 2. The highest BCUT2D eigenvalue weighted by atomic mass is 32.2. The van der Waals surface area contributed by atoms with E-state index in [2.05, 4.69) is 22.0 Å². The van der Waals surface area contributed by atoms with Crippen LogP contribution < -0.4 is 4.74 Å². The van der Waals surface area contributed by atoms with E-state index in [0.29, 0.717) is 5.75 Å². The number of benzene rings is 2. The third-order valence-electron chi connectivity index (χ3n) is 4.11. The van der Waals surface area contributed by atoms with E-state index in [0.717, 1.165) is 42.2 Å². The smallest absolute Gasteiger partial charge is 0.143 e. The summed E-state index contributed by atoms with van der Waals surface area (Å²) in [6.45, 7) is 0. The number of thioether (sulfide) groups is 1. The molecule has 0 atom stereocenters. The molecule has 0 bridgehead atoms. The molecule has 3 nitrogen and oxygen atoms in total. The number of fused-ring (bicyclic) bond motifs is 2. The van der Waals surface area contributed by atoms with E-state index in [1.165, 1.54) is 0 Å². The van der Waals surface area contributed by atoms with Crippen molar-refractivity contribution in [2.45, 2.75) is 14.7 Å². The minimum Gasteiger partial charge on any atom is -0.495 e. The number of pyridine rings is 2. The van der Waals surface area contributed by atoms with Crippen LogP contribution in [-0.4, -0.2) is 22.8 Å².